The molecule has 0 spiro atoms. The lowest BCUT2D eigenvalue weighted by atomic mass is 10.1. The number of piperazine rings is 2. The second-order valence-electron chi connectivity index (χ2n) is 10.9. The van der Waals surface area contributed by atoms with Gasteiger partial charge in [0, 0.05) is 83.4 Å². The Bertz CT molecular complexity index is 1130. The molecule has 0 aliphatic carbocycles. The zero-order valence-corrected chi connectivity index (χ0v) is 23.4. The number of benzene rings is 3. The number of likely N-dealkylation sites (N-methyl/N-ethyl adjacent to an activating group) is 2. The van der Waals surface area contributed by atoms with Gasteiger partial charge in [-0.3, -0.25) is 4.90 Å². The molecule has 202 valence electrons. The Hall–Kier alpha value is -3.06. The molecule has 0 radical (unpaired) electrons. The first-order valence-electron chi connectivity index (χ1n) is 14.0. The molecule has 2 aliphatic heterocycles. The number of nitrogens with zero attached hydrogens (tertiary/aromatic N) is 5. The number of ether oxygens (including phenoxy) is 1. The molecule has 0 atom stereocenters. The summed E-state index contributed by atoms with van der Waals surface area (Å²) in [4.78, 5) is 12.3. The van der Waals surface area contributed by atoms with Crippen molar-refractivity contribution in [2.75, 3.05) is 83.4 Å². The molecule has 0 bridgehead atoms. The van der Waals surface area contributed by atoms with E-state index >= 15 is 0 Å². The molecule has 2 fully saturated rings. The predicted octanol–water partition coefficient (Wildman–Crippen LogP) is 4.40. The fraction of sp³-hybridized carbons (Fsp3) is 0.438. The Morgan fingerprint density at radius 3 is 1.92 bits per heavy atom. The second-order valence-corrected chi connectivity index (χ2v) is 10.9. The smallest absolute Gasteiger partial charge is 0.119 e. The summed E-state index contributed by atoms with van der Waals surface area (Å²) in [5.74, 6) is 0.904. The highest BCUT2D eigenvalue weighted by molar-refractivity contribution is 5.52. The van der Waals surface area contributed by atoms with Crippen molar-refractivity contribution < 1.29 is 4.74 Å². The minimum Gasteiger partial charge on any atom is -0.497 e. The van der Waals surface area contributed by atoms with Gasteiger partial charge in [-0.2, -0.15) is 0 Å². The van der Waals surface area contributed by atoms with Crippen LogP contribution in [0.5, 0.6) is 5.75 Å². The molecular weight excluding hydrogens is 470 g/mol. The number of methoxy groups -OCH3 is 1. The van der Waals surface area contributed by atoms with Crippen molar-refractivity contribution in [2.24, 2.45) is 0 Å². The van der Waals surface area contributed by atoms with E-state index in [1.54, 1.807) is 7.11 Å². The van der Waals surface area contributed by atoms with Gasteiger partial charge in [0.15, 0.2) is 0 Å². The van der Waals surface area contributed by atoms with Crippen molar-refractivity contribution in [3.63, 3.8) is 0 Å². The average Bonchev–Trinajstić information content (AvgIpc) is 2.95. The van der Waals surface area contributed by atoms with E-state index in [1.807, 2.05) is 6.07 Å². The molecule has 2 heterocycles. The quantitative estimate of drug-likeness (QED) is 0.421. The lowest BCUT2D eigenvalue weighted by Crippen LogP contribution is -2.44. The predicted molar refractivity (Wildman–Crippen MR) is 158 cm³/mol. The summed E-state index contributed by atoms with van der Waals surface area (Å²) < 4.78 is 5.50. The lowest BCUT2D eigenvalue weighted by Gasteiger charge is -2.34. The van der Waals surface area contributed by atoms with Crippen LogP contribution in [0, 0.1) is 0 Å². The van der Waals surface area contributed by atoms with E-state index in [0.29, 0.717) is 0 Å². The highest BCUT2D eigenvalue weighted by atomic mass is 16.5. The topological polar surface area (TPSA) is 25.4 Å². The Balaban J connectivity index is 1.30. The van der Waals surface area contributed by atoms with Crippen LogP contribution in [0.4, 0.5) is 11.4 Å². The van der Waals surface area contributed by atoms with Gasteiger partial charge in [-0.05, 0) is 67.2 Å². The van der Waals surface area contributed by atoms with E-state index in [0.717, 1.165) is 77.7 Å². The lowest BCUT2D eigenvalue weighted by molar-refractivity contribution is 0.148. The zero-order chi connectivity index (χ0) is 26.3. The molecule has 3 aromatic carbocycles. The third-order valence-electron chi connectivity index (χ3n) is 7.99. The minimum absolute atomic E-state index is 0.829. The normalized spacial score (nSPS) is 17.5. The molecule has 2 saturated heterocycles. The molecule has 6 heteroatoms. The van der Waals surface area contributed by atoms with Crippen molar-refractivity contribution in [3.8, 4) is 5.75 Å². The molecule has 0 saturated carbocycles. The third kappa shape index (κ3) is 7.07. The number of hydrogen-bond donors (Lipinski definition) is 0. The van der Waals surface area contributed by atoms with Crippen LogP contribution in [0.1, 0.15) is 16.7 Å². The number of anilines is 2. The molecule has 0 unspecified atom stereocenters. The summed E-state index contributed by atoms with van der Waals surface area (Å²) >= 11 is 0. The summed E-state index contributed by atoms with van der Waals surface area (Å²) in [6.45, 7) is 11.7. The average molecular weight is 514 g/mol. The van der Waals surface area contributed by atoms with Gasteiger partial charge in [-0.15, -0.1) is 0 Å². The molecule has 5 rings (SSSR count). The van der Waals surface area contributed by atoms with Gasteiger partial charge in [0.25, 0.3) is 0 Å². The van der Waals surface area contributed by atoms with Crippen LogP contribution in [0.15, 0.2) is 72.8 Å². The molecular formula is C32H43N5O. The summed E-state index contributed by atoms with van der Waals surface area (Å²) in [6.07, 6.45) is 0. The number of hydrogen-bond acceptors (Lipinski definition) is 6. The van der Waals surface area contributed by atoms with E-state index in [1.165, 1.54) is 28.1 Å². The van der Waals surface area contributed by atoms with Gasteiger partial charge in [-0.25, -0.2) is 0 Å². The second kappa shape index (κ2) is 12.7. The maximum absolute atomic E-state index is 5.50. The first-order chi connectivity index (χ1) is 18.6. The zero-order valence-electron chi connectivity index (χ0n) is 23.4. The summed E-state index contributed by atoms with van der Waals surface area (Å²) in [5, 5.41) is 0. The van der Waals surface area contributed by atoms with Crippen LogP contribution >= 0.6 is 0 Å². The monoisotopic (exact) mass is 513 g/mol. The van der Waals surface area contributed by atoms with E-state index in [-0.39, 0.29) is 0 Å². The van der Waals surface area contributed by atoms with Crippen LogP contribution in [-0.2, 0) is 19.6 Å². The maximum atomic E-state index is 5.50. The Morgan fingerprint density at radius 1 is 0.658 bits per heavy atom. The van der Waals surface area contributed by atoms with Crippen LogP contribution in [0.25, 0.3) is 0 Å². The standard InChI is InChI=1S/C32H43N5O/c1-33-15-19-35(20-16-33)24-27-7-13-31(14-8-27)37(26-29-5-4-6-32(23-29)38-3)25-28-9-11-30(12-10-28)36-21-17-34(2)18-22-36/h4-14,23H,15-22,24-26H2,1-3H3. The van der Waals surface area contributed by atoms with Crippen molar-refractivity contribution in [1.82, 2.24) is 14.7 Å². The molecule has 0 amide bonds. The van der Waals surface area contributed by atoms with Gasteiger partial charge in [0.05, 0.1) is 7.11 Å². The van der Waals surface area contributed by atoms with Crippen molar-refractivity contribution >= 4 is 11.4 Å². The van der Waals surface area contributed by atoms with Crippen molar-refractivity contribution in [2.45, 2.75) is 19.6 Å². The van der Waals surface area contributed by atoms with Gasteiger partial charge in [0.1, 0.15) is 5.75 Å². The fourth-order valence-corrected chi connectivity index (χ4v) is 5.40. The summed E-state index contributed by atoms with van der Waals surface area (Å²) in [6, 6.07) is 26.8. The molecule has 0 aromatic heterocycles. The fourth-order valence-electron chi connectivity index (χ4n) is 5.40. The van der Waals surface area contributed by atoms with Crippen LogP contribution in [0.2, 0.25) is 0 Å². The van der Waals surface area contributed by atoms with Crippen molar-refractivity contribution in [3.05, 3.63) is 89.5 Å². The van der Waals surface area contributed by atoms with E-state index in [9.17, 15) is 0 Å². The molecule has 0 N–H and O–H groups in total. The Morgan fingerprint density at radius 2 is 1.26 bits per heavy atom. The Kier molecular flexibility index (Phi) is 8.84. The molecule has 3 aromatic rings. The largest absolute Gasteiger partial charge is 0.497 e. The maximum Gasteiger partial charge on any atom is 0.119 e. The van der Waals surface area contributed by atoms with E-state index < -0.39 is 0 Å². The first-order valence-corrected chi connectivity index (χ1v) is 14.0. The highest BCUT2D eigenvalue weighted by Crippen LogP contribution is 2.25. The molecule has 2 aliphatic rings. The van der Waals surface area contributed by atoms with Crippen LogP contribution < -0.4 is 14.5 Å². The van der Waals surface area contributed by atoms with E-state index in [4.69, 9.17) is 4.74 Å². The summed E-state index contributed by atoms with van der Waals surface area (Å²) in [7, 11) is 6.15. The minimum atomic E-state index is 0.829. The van der Waals surface area contributed by atoms with Crippen molar-refractivity contribution in [1.29, 1.82) is 0 Å². The Labute approximate surface area is 229 Å². The summed E-state index contributed by atoms with van der Waals surface area (Å²) in [5.41, 5.74) is 6.54. The first kappa shape index (κ1) is 26.5. The van der Waals surface area contributed by atoms with Crippen LogP contribution in [0.3, 0.4) is 0 Å². The highest BCUT2D eigenvalue weighted by Gasteiger charge is 2.16. The number of rotatable bonds is 9. The third-order valence-corrected chi connectivity index (χ3v) is 7.99. The van der Waals surface area contributed by atoms with Gasteiger partial charge in [0.2, 0.25) is 0 Å². The van der Waals surface area contributed by atoms with Gasteiger partial charge >= 0.3 is 0 Å². The van der Waals surface area contributed by atoms with Gasteiger partial charge in [-0.1, -0.05) is 36.4 Å². The van der Waals surface area contributed by atoms with Gasteiger partial charge < -0.3 is 24.3 Å². The van der Waals surface area contributed by atoms with E-state index in [2.05, 4.69) is 105 Å². The molecule has 6 nitrogen and oxygen atoms in total. The molecule has 38 heavy (non-hydrogen) atoms. The van der Waals surface area contributed by atoms with Crippen LogP contribution in [-0.4, -0.2) is 88.3 Å². The SMILES string of the molecule is COc1cccc(CN(Cc2ccc(N3CCN(C)CC3)cc2)c2ccc(CN3CCN(C)CC3)cc2)c1.